The minimum absolute atomic E-state index is 0.208. The molecule has 1 amide bonds. The molecule has 1 saturated carbocycles. The van der Waals surface area contributed by atoms with Gasteiger partial charge in [-0.15, -0.1) is 0 Å². The number of hydrogen-bond donors (Lipinski definition) is 1. The molecule has 1 aromatic carbocycles. The monoisotopic (exact) mass is 272 g/mol. The van der Waals surface area contributed by atoms with Crippen molar-refractivity contribution in [2.24, 2.45) is 0 Å². The van der Waals surface area contributed by atoms with Crippen LogP contribution < -0.4 is 5.32 Å². The summed E-state index contributed by atoms with van der Waals surface area (Å²) in [6, 6.07) is 8.93. The summed E-state index contributed by atoms with van der Waals surface area (Å²) in [4.78, 5) is 14.8. The van der Waals surface area contributed by atoms with Crippen LogP contribution in [0.15, 0.2) is 24.3 Å². The summed E-state index contributed by atoms with van der Waals surface area (Å²) in [6.45, 7) is 4.03. The Morgan fingerprint density at radius 2 is 1.95 bits per heavy atom. The van der Waals surface area contributed by atoms with Gasteiger partial charge >= 0.3 is 0 Å². The summed E-state index contributed by atoms with van der Waals surface area (Å²) < 4.78 is 0. The highest BCUT2D eigenvalue weighted by Gasteiger charge is 2.34. The summed E-state index contributed by atoms with van der Waals surface area (Å²) in [6.07, 6.45) is 6.10. The number of hydrogen-bond acceptors (Lipinski definition) is 2. The van der Waals surface area contributed by atoms with Crippen LogP contribution in [0.3, 0.4) is 0 Å². The van der Waals surface area contributed by atoms with Gasteiger partial charge in [0.25, 0.3) is 5.91 Å². The molecule has 0 radical (unpaired) electrons. The van der Waals surface area contributed by atoms with Crippen LogP contribution >= 0.6 is 0 Å². The Hall–Kier alpha value is -1.35. The lowest BCUT2D eigenvalue weighted by atomic mass is 10.0. The molecule has 1 N–H and O–H groups in total. The largest absolute Gasteiger partial charge is 0.334 e. The summed E-state index contributed by atoms with van der Waals surface area (Å²) in [5, 5.41) is 3.55. The Kier molecular flexibility index (Phi) is 4.06. The molecular weight excluding hydrogens is 248 g/mol. The quantitative estimate of drug-likeness (QED) is 0.914. The first-order valence-corrected chi connectivity index (χ1v) is 7.85. The van der Waals surface area contributed by atoms with Crippen LogP contribution in [0.25, 0.3) is 0 Å². The van der Waals surface area contributed by atoms with E-state index in [1.54, 1.807) is 0 Å². The van der Waals surface area contributed by atoms with Crippen LogP contribution in [0.5, 0.6) is 0 Å². The summed E-state index contributed by atoms with van der Waals surface area (Å²) >= 11 is 0. The molecule has 2 aliphatic rings. The van der Waals surface area contributed by atoms with E-state index in [1.165, 1.54) is 37.7 Å². The Labute approximate surface area is 121 Å². The van der Waals surface area contributed by atoms with Crippen molar-refractivity contribution in [2.45, 2.75) is 51.1 Å². The second-order valence-electron chi connectivity index (χ2n) is 6.20. The van der Waals surface area contributed by atoms with Gasteiger partial charge in [0, 0.05) is 24.2 Å². The predicted molar refractivity (Wildman–Crippen MR) is 80.9 cm³/mol. The third kappa shape index (κ3) is 3.21. The minimum atomic E-state index is 0.208. The van der Waals surface area contributed by atoms with E-state index in [1.807, 2.05) is 24.3 Å². The van der Waals surface area contributed by atoms with Crippen molar-refractivity contribution in [3.8, 4) is 0 Å². The molecule has 1 aliphatic heterocycles. The van der Waals surface area contributed by atoms with Crippen molar-refractivity contribution >= 4 is 5.91 Å². The van der Waals surface area contributed by atoms with E-state index in [-0.39, 0.29) is 5.91 Å². The van der Waals surface area contributed by atoms with E-state index in [4.69, 9.17) is 0 Å². The molecular formula is C17H24N2O. The number of amides is 1. The number of rotatable bonds is 4. The maximum absolute atomic E-state index is 12.7. The van der Waals surface area contributed by atoms with Gasteiger partial charge in [0.15, 0.2) is 0 Å². The van der Waals surface area contributed by atoms with Crippen LogP contribution in [0, 0.1) is 6.92 Å². The van der Waals surface area contributed by atoms with Crippen molar-refractivity contribution in [1.29, 1.82) is 0 Å². The van der Waals surface area contributed by atoms with Crippen LogP contribution in [0.2, 0.25) is 0 Å². The van der Waals surface area contributed by atoms with Crippen LogP contribution in [-0.2, 0) is 0 Å². The lowest BCUT2D eigenvalue weighted by Gasteiger charge is -2.31. The molecule has 3 heteroatoms. The van der Waals surface area contributed by atoms with Gasteiger partial charge in [-0.05, 0) is 51.3 Å². The molecule has 1 atom stereocenters. The fourth-order valence-corrected chi connectivity index (χ4v) is 2.96. The van der Waals surface area contributed by atoms with Gasteiger partial charge in [0.1, 0.15) is 0 Å². The minimum Gasteiger partial charge on any atom is -0.334 e. The molecule has 0 bridgehead atoms. The number of nitrogens with one attached hydrogen (secondary N) is 1. The van der Waals surface area contributed by atoms with Gasteiger partial charge in [-0.3, -0.25) is 4.79 Å². The van der Waals surface area contributed by atoms with Crippen LogP contribution in [-0.4, -0.2) is 36.0 Å². The second-order valence-corrected chi connectivity index (χ2v) is 6.20. The summed E-state index contributed by atoms with van der Waals surface area (Å²) in [5.41, 5.74) is 2.03. The lowest BCUT2D eigenvalue weighted by molar-refractivity contribution is 0.0718. The highest BCUT2D eigenvalue weighted by molar-refractivity contribution is 5.94. The van der Waals surface area contributed by atoms with Crippen molar-refractivity contribution in [3.05, 3.63) is 35.4 Å². The topological polar surface area (TPSA) is 32.3 Å². The first-order chi connectivity index (χ1) is 9.74. The molecule has 108 valence electrons. The molecule has 1 aromatic rings. The Morgan fingerprint density at radius 3 is 2.55 bits per heavy atom. The number of benzene rings is 1. The average Bonchev–Trinajstić information content (AvgIpc) is 3.30. The third-order valence-corrected chi connectivity index (χ3v) is 4.38. The highest BCUT2D eigenvalue weighted by Crippen LogP contribution is 2.29. The second kappa shape index (κ2) is 5.96. The van der Waals surface area contributed by atoms with E-state index in [0.717, 1.165) is 18.7 Å². The van der Waals surface area contributed by atoms with Gasteiger partial charge in [-0.25, -0.2) is 0 Å². The zero-order chi connectivity index (χ0) is 13.9. The van der Waals surface area contributed by atoms with E-state index < -0.39 is 0 Å². The molecule has 1 saturated heterocycles. The number of nitrogens with zero attached hydrogens (tertiary/aromatic N) is 1. The molecule has 3 rings (SSSR count). The SMILES string of the molecule is Cc1ccc(C(=O)N(CC2CCCCN2)C2CC2)cc1. The molecule has 1 heterocycles. The molecule has 1 unspecified atom stereocenters. The molecule has 0 spiro atoms. The van der Waals surface area contributed by atoms with Gasteiger partial charge in [-0.1, -0.05) is 24.1 Å². The van der Waals surface area contributed by atoms with Crippen molar-refractivity contribution in [2.75, 3.05) is 13.1 Å². The number of carbonyl (C=O) groups is 1. The smallest absolute Gasteiger partial charge is 0.254 e. The number of piperidine rings is 1. The number of aryl methyl sites for hydroxylation is 1. The van der Waals surface area contributed by atoms with Gasteiger partial charge in [-0.2, -0.15) is 0 Å². The Balaban J connectivity index is 1.69. The zero-order valence-corrected chi connectivity index (χ0v) is 12.3. The fraction of sp³-hybridized carbons (Fsp3) is 0.588. The van der Waals surface area contributed by atoms with Gasteiger partial charge in [0.05, 0.1) is 0 Å². The lowest BCUT2D eigenvalue weighted by Crippen LogP contribution is -2.46. The van der Waals surface area contributed by atoms with Crippen LogP contribution in [0.1, 0.15) is 48.0 Å². The zero-order valence-electron chi connectivity index (χ0n) is 12.3. The Morgan fingerprint density at radius 1 is 1.20 bits per heavy atom. The highest BCUT2D eigenvalue weighted by atomic mass is 16.2. The summed E-state index contributed by atoms with van der Waals surface area (Å²) in [5.74, 6) is 0.208. The van der Waals surface area contributed by atoms with E-state index in [9.17, 15) is 4.79 Å². The molecule has 3 nitrogen and oxygen atoms in total. The normalized spacial score (nSPS) is 22.6. The van der Waals surface area contributed by atoms with E-state index >= 15 is 0 Å². The van der Waals surface area contributed by atoms with Crippen molar-refractivity contribution in [3.63, 3.8) is 0 Å². The van der Waals surface area contributed by atoms with Crippen molar-refractivity contribution in [1.82, 2.24) is 10.2 Å². The first-order valence-electron chi connectivity index (χ1n) is 7.85. The van der Waals surface area contributed by atoms with E-state index in [2.05, 4.69) is 17.1 Å². The maximum atomic E-state index is 12.7. The Bertz CT molecular complexity index is 458. The first kappa shape index (κ1) is 13.6. The molecule has 20 heavy (non-hydrogen) atoms. The summed E-state index contributed by atoms with van der Waals surface area (Å²) in [7, 11) is 0. The standard InChI is InChI=1S/C17H24N2O/c1-13-5-7-14(8-6-13)17(20)19(16-9-10-16)12-15-4-2-3-11-18-15/h5-8,15-16,18H,2-4,9-12H2,1H3. The van der Waals surface area contributed by atoms with E-state index in [0.29, 0.717) is 12.1 Å². The van der Waals surface area contributed by atoms with Crippen molar-refractivity contribution < 1.29 is 4.79 Å². The average molecular weight is 272 g/mol. The maximum Gasteiger partial charge on any atom is 0.254 e. The number of carbonyl (C=O) groups excluding carboxylic acids is 1. The van der Waals surface area contributed by atoms with Crippen LogP contribution in [0.4, 0.5) is 0 Å². The van der Waals surface area contributed by atoms with Gasteiger partial charge in [0.2, 0.25) is 0 Å². The fourth-order valence-electron chi connectivity index (χ4n) is 2.96. The molecule has 2 fully saturated rings. The molecule has 0 aromatic heterocycles. The van der Waals surface area contributed by atoms with Gasteiger partial charge < -0.3 is 10.2 Å². The predicted octanol–water partition coefficient (Wildman–Crippen LogP) is 2.74. The third-order valence-electron chi connectivity index (χ3n) is 4.38. The molecule has 1 aliphatic carbocycles.